The van der Waals surface area contributed by atoms with Crippen LogP contribution in [0.5, 0.6) is 0 Å². The predicted molar refractivity (Wildman–Crippen MR) is 159 cm³/mol. The fourth-order valence-electron chi connectivity index (χ4n) is 5.87. The van der Waals surface area contributed by atoms with Crippen molar-refractivity contribution in [2.24, 2.45) is 5.92 Å². The molecule has 7 nitrogen and oxygen atoms in total. The van der Waals surface area contributed by atoms with Gasteiger partial charge >= 0.3 is 0 Å². The SMILES string of the molecule is Cc1c(C(=O)N[C@H]2C[C@H](OC=O)C2)cc(-c2cc(C(=O)NC(C)(C)C)cc(C(C)(C)C)c2)n1CC1CCCCC1. The highest BCUT2D eigenvalue weighted by Gasteiger charge is 2.33. The average Bonchev–Trinajstić information content (AvgIpc) is 3.17. The number of nitrogens with one attached hydrogen (secondary N) is 2. The Balaban J connectivity index is 1.74. The standard InChI is InChI=1S/C33H47N3O4/c1-21-28(31(39)34-26-16-27(17-26)40-20-37)18-29(36(21)19-22-11-9-8-10-12-22)23-13-24(30(38)35-33(5,6)7)15-25(14-23)32(2,3)4/h13-15,18,20,22,26-27H,8-12,16-17,19H2,1-7H3,(H,34,39)(H,35,38)/t26-,27-. The Hall–Kier alpha value is -3.09. The molecule has 2 saturated carbocycles. The van der Waals surface area contributed by atoms with Crippen LogP contribution in [0.4, 0.5) is 0 Å². The molecule has 2 amide bonds. The first-order valence-corrected chi connectivity index (χ1v) is 14.8. The van der Waals surface area contributed by atoms with Gasteiger partial charge in [-0.2, -0.15) is 0 Å². The summed E-state index contributed by atoms with van der Waals surface area (Å²) in [6.45, 7) is 15.8. The van der Waals surface area contributed by atoms with E-state index in [0.29, 0.717) is 36.4 Å². The van der Waals surface area contributed by atoms with E-state index in [2.05, 4.69) is 42.0 Å². The Morgan fingerprint density at radius 2 is 1.65 bits per heavy atom. The Morgan fingerprint density at radius 1 is 0.975 bits per heavy atom. The molecule has 0 saturated heterocycles. The third kappa shape index (κ3) is 7.15. The van der Waals surface area contributed by atoms with Crippen LogP contribution in [0.2, 0.25) is 0 Å². The first kappa shape index (κ1) is 29.9. The minimum absolute atomic E-state index is 0.00101. The molecule has 0 unspecified atom stereocenters. The number of carbonyl (C=O) groups excluding carboxylic acids is 3. The van der Waals surface area contributed by atoms with Crippen LogP contribution >= 0.6 is 0 Å². The van der Waals surface area contributed by atoms with E-state index in [1.54, 1.807) is 0 Å². The van der Waals surface area contributed by atoms with Crippen molar-refractivity contribution in [3.63, 3.8) is 0 Å². The van der Waals surface area contributed by atoms with Crippen molar-refractivity contribution in [1.82, 2.24) is 15.2 Å². The number of benzene rings is 1. The summed E-state index contributed by atoms with van der Waals surface area (Å²) in [5.74, 6) is 0.363. The largest absolute Gasteiger partial charge is 0.464 e. The summed E-state index contributed by atoms with van der Waals surface area (Å²) in [6.07, 6.45) is 7.33. The molecule has 2 aliphatic carbocycles. The van der Waals surface area contributed by atoms with Crippen LogP contribution in [0.25, 0.3) is 11.3 Å². The topological polar surface area (TPSA) is 89.4 Å². The van der Waals surface area contributed by atoms with Crippen molar-refractivity contribution in [3.05, 3.63) is 46.6 Å². The summed E-state index contributed by atoms with van der Waals surface area (Å²) in [7, 11) is 0. The Labute approximate surface area is 239 Å². The Bertz CT molecular complexity index is 1240. The molecule has 0 spiro atoms. The molecular formula is C33H47N3O4. The van der Waals surface area contributed by atoms with Gasteiger partial charge in [-0.3, -0.25) is 14.4 Å². The van der Waals surface area contributed by atoms with Gasteiger partial charge in [0.05, 0.1) is 5.56 Å². The first-order valence-electron chi connectivity index (χ1n) is 14.8. The summed E-state index contributed by atoms with van der Waals surface area (Å²) in [5.41, 5.74) is 4.72. The van der Waals surface area contributed by atoms with E-state index in [-0.39, 0.29) is 34.9 Å². The van der Waals surface area contributed by atoms with Crippen LogP contribution in [0, 0.1) is 12.8 Å². The van der Waals surface area contributed by atoms with Crippen LogP contribution in [-0.2, 0) is 21.5 Å². The van der Waals surface area contributed by atoms with Crippen molar-refractivity contribution in [3.8, 4) is 11.3 Å². The number of amides is 2. The first-order chi connectivity index (χ1) is 18.7. The molecule has 1 aromatic heterocycles. The molecule has 0 bridgehead atoms. The lowest BCUT2D eigenvalue weighted by molar-refractivity contribution is -0.138. The van der Waals surface area contributed by atoms with Gasteiger partial charge in [0.15, 0.2) is 0 Å². The number of hydrogen-bond acceptors (Lipinski definition) is 4. The molecule has 2 fully saturated rings. The van der Waals surface area contributed by atoms with Gasteiger partial charge in [0, 0.05) is 47.9 Å². The lowest BCUT2D eigenvalue weighted by Crippen LogP contribution is -2.47. The molecule has 40 heavy (non-hydrogen) atoms. The second-order valence-corrected chi connectivity index (χ2v) is 13.9. The average molecular weight is 550 g/mol. The van der Waals surface area contributed by atoms with Gasteiger partial charge in [-0.1, -0.05) is 40.0 Å². The summed E-state index contributed by atoms with van der Waals surface area (Å²) in [6, 6.07) is 8.14. The smallest absolute Gasteiger partial charge is 0.293 e. The normalized spacial score (nSPS) is 20.0. The summed E-state index contributed by atoms with van der Waals surface area (Å²) in [5, 5.41) is 6.25. The molecule has 2 aromatic rings. The number of nitrogens with zero attached hydrogens (tertiary/aromatic N) is 1. The molecule has 0 radical (unpaired) electrons. The summed E-state index contributed by atoms with van der Waals surface area (Å²) >= 11 is 0. The summed E-state index contributed by atoms with van der Waals surface area (Å²) < 4.78 is 7.32. The lowest BCUT2D eigenvalue weighted by atomic mass is 9.84. The molecule has 218 valence electrons. The maximum Gasteiger partial charge on any atom is 0.293 e. The summed E-state index contributed by atoms with van der Waals surface area (Å²) in [4.78, 5) is 37.4. The van der Waals surface area contributed by atoms with Gasteiger partial charge in [0.25, 0.3) is 18.3 Å². The number of aromatic nitrogens is 1. The second kappa shape index (κ2) is 11.8. The highest BCUT2D eigenvalue weighted by molar-refractivity contribution is 5.98. The fourth-order valence-corrected chi connectivity index (χ4v) is 5.87. The van der Waals surface area contributed by atoms with E-state index in [9.17, 15) is 14.4 Å². The van der Waals surface area contributed by atoms with E-state index in [4.69, 9.17) is 4.74 Å². The number of rotatable bonds is 8. The maximum absolute atomic E-state index is 13.5. The third-order valence-corrected chi connectivity index (χ3v) is 8.30. The minimum atomic E-state index is -0.352. The van der Waals surface area contributed by atoms with Crippen LogP contribution in [0.3, 0.4) is 0 Å². The molecule has 0 aliphatic heterocycles. The van der Waals surface area contributed by atoms with Gasteiger partial charge in [-0.25, -0.2) is 0 Å². The number of carbonyl (C=O) groups is 3. The van der Waals surface area contributed by atoms with Gasteiger partial charge in [-0.15, -0.1) is 0 Å². The molecule has 7 heteroatoms. The Morgan fingerprint density at radius 3 is 2.25 bits per heavy atom. The van der Waals surface area contributed by atoms with Crippen LogP contribution < -0.4 is 10.6 Å². The van der Waals surface area contributed by atoms with E-state index in [1.807, 2.05) is 45.9 Å². The quantitative estimate of drug-likeness (QED) is 0.378. The maximum atomic E-state index is 13.5. The van der Waals surface area contributed by atoms with Crippen LogP contribution in [-0.4, -0.2) is 40.5 Å². The highest BCUT2D eigenvalue weighted by Crippen LogP contribution is 2.35. The second-order valence-electron chi connectivity index (χ2n) is 13.9. The third-order valence-electron chi connectivity index (χ3n) is 8.30. The monoisotopic (exact) mass is 549 g/mol. The molecule has 1 aromatic carbocycles. The fraction of sp³-hybridized carbons (Fsp3) is 0.606. The van der Waals surface area contributed by atoms with Crippen LogP contribution in [0.1, 0.15) is 118 Å². The number of ether oxygens (including phenoxy) is 1. The van der Waals surface area contributed by atoms with Gasteiger partial charge in [-0.05, 0) is 87.3 Å². The molecule has 4 rings (SSSR count). The van der Waals surface area contributed by atoms with E-state index < -0.39 is 0 Å². The van der Waals surface area contributed by atoms with E-state index in [0.717, 1.165) is 29.1 Å². The van der Waals surface area contributed by atoms with Crippen molar-refractivity contribution < 1.29 is 19.1 Å². The van der Waals surface area contributed by atoms with Crippen molar-refractivity contribution >= 4 is 18.3 Å². The molecular weight excluding hydrogens is 502 g/mol. The Kier molecular flexibility index (Phi) is 8.81. The van der Waals surface area contributed by atoms with Gasteiger partial charge in [0.2, 0.25) is 0 Å². The van der Waals surface area contributed by atoms with Crippen LogP contribution in [0.15, 0.2) is 24.3 Å². The zero-order valence-electron chi connectivity index (χ0n) is 25.4. The van der Waals surface area contributed by atoms with Gasteiger partial charge in [0.1, 0.15) is 6.10 Å². The molecule has 1 heterocycles. The van der Waals surface area contributed by atoms with E-state index in [1.165, 1.54) is 32.1 Å². The predicted octanol–water partition coefficient (Wildman–Crippen LogP) is 6.30. The van der Waals surface area contributed by atoms with Crippen molar-refractivity contribution in [2.75, 3.05) is 0 Å². The molecule has 2 aliphatic rings. The number of hydrogen-bond donors (Lipinski definition) is 2. The zero-order valence-corrected chi connectivity index (χ0v) is 25.4. The van der Waals surface area contributed by atoms with Crippen molar-refractivity contribution in [1.29, 1.82) is 0 Å². The lowest BCUT2D eigenvalue weighted by Gasteiger charge is -2.34. The molecule has 0 atom stereocenters. The van der Waals surface area contributed by atoms with Crippen molar-refractivity contribution in [2.45, 2.75) is 123 Å². The zero-order chi connectivity index (χ0) is 29.2. The highest BCUT2D eigenvalue weighted by atomic mass is 16.5. The molecule has 2 N–H and O–H groups in total. The van der Waals surface area contributed by atoms with E-state index >= 15 is 0 Å². The van der Waals surface area contributed by atoms with Gasteiger partial charge < -0.3 is 19.9 Å². The minimum Gasteiger partial charge on any atom is -0.464 e.